The van der Waals surface area contributed by atoms with Crippen molar-refractivity contribution in [2.24, 2.45) is 11.3 Å². The molecule has 19 heavy (non-hydrogen) atoms. The van der Waals surface area contributed by atoms with Crippen molar-refractivity contribution in [2.75, 3.05) is 26.2 Å². The van der Waals surface area contributed by atoms with Gasteiger partial charge in [-0.1, -0.05) is 47.5 Å². The van der Waals surface area contributed by atoms with Crippen LogP contribution in [0.3, 0.4) is 0 Å². The summed E-state index contributed by atoms with van der Waals surface area (Å²) >= 11 is 0. The van der Waals surface area contributed by atoms with Gasteiger partial charge < -0.3 is 10.0 Å². The Morgan fingerprint density at radius 1 is 0.947 bits per heavy atom. The average Bonchev–Trinajstić information content (AvgIpc) is 2.36. The molecule has 0 aliphatic carbocycles. The highest BCUT2D eigenvalue weighted by Crippen LogP contribution is 2.25. The SMILES string of the molecule is CCN(CC)CCCCC[C@H](CO)CCC(C)(C)C. The van der Waals surface area contributed by atoms with E-state index in [1.54, 1.807) is 0 Å². The summed E-state index contributed by atoms with van der Waals surface area (Å²) in [5, 5.41) is 9.44. The van der Waals surface area contributed by atoms with Crippen LogP contribution < -0.4 is 0 Å². The first-order chi connectivity index (χ1) is 8.92. The van der Waals surface area contributed by atoms with Crippen LogP contribution in [0.5, 0.6) is 0 Å². The van der Waals surface area contributed by atoms with E-state index in [2.05, 4.69) is 39.5 Å². The first kappa shape index (κ1) is 18.9. The zero-order valence-corrected chi connectivity index (χ0v) is 14.0. The Morgan fingerprint density at radius 3 is 2.05 bits per heavy atom. The fourth-order valence-corrected chi connectivity index (χ4v) is 2.45. The molecule has 0 spiro atoms. The number of nitrogens with zero attached hydrogens (tertiary/aromatic N) is 1. The summed E-state index contributed by atoms with van der Waals surface area (Å²) in [6, 6.07) is 0. The van der Waals surface area contributed by atoms with Gasteiger partial charge in [0, 0.05) is 6.61 Å². The predicted octanol–water partition coefficient (Wildman–Crippen LogP) is 4.32. The van der Waals surface area contributed by atoms with E-state index in [9.17, 15) is 5.11 Å². The molecule has 0 aromatic rings. The second-order valence-electron chi connectivity index (χ2n) is 7.02. The third-order valence-corrected chi connectivity index (χ3v) is 4.04. The van der Waals surface area contributed by atoms with Crippen LogP contribution in [0.15, 0.2) is 0 Å². The fourth-order valence-electron chi connectivity index (χ4n) is 2.45. The van der Waals surface area contributed by atoms with Gasteiger partial charge in [-0.05, 0) is 56.7 Å². The number of unbranched alkanes of at least 4 members (excludes halogenated alkanes) is 2. The molecular formula is C17H37NO. The topological polar surface area (TPSA) is 23.5 Å². The lowest BCUT2D eigenvalue weighted by atomic mass is 9.85. The van der Waals surface area contributed by atoms with Crippen LogP contribution >= 0.6 is 0 Å². The largest absolute Gasteiger partial charge is 0.396 e. The van der Waals surface area contributed by atoms with Crippen LogP contribution in [0, 0.1) is 11.3 Å². The van der Waals surface area contributed by atoms with Crippen LogP contribution in [0.4, 0.5) is 0 Å². The molecule has 0 aliphatic rings. The van der Waals surface area contributed by atoms with E-state index in [4.69, 9.17) is 0 Å². The highest BCUT2D eigenvalue weighted by molar-refractivity contribution is 4.66. The summed E-state index contributed by atoms with van der Waals surface area (Å²) in [6.07, 6.45) is 7.48. The van der Waals surface area contributed by atoms with Gasteiger partial charge in [0.1, 0.15) is 0 Å². The van der Waals surface area contributed by atoms with Crippen molar-refractivity contribution in [2.45, 2.75) is 73.1 Å². The molecule has 0 aliphatic heterocycles. The van der Waals surface area contributed by atoms with Crippen molar-refractivity contribution < 1.29 is 5.11 Å². The minimum Gasteiger partial charge on any atom is -0.396 e. The van der Waals surface area contributed by atoms with E-state index in [1.807, 2.05) is 0 Å². The summed E-state index contributed by atoms with van der Waals surface area (Å²) in [6.45, 7) is 15.3. The zero-order valence-electron chi connectivity index (χ0n) is 14.0. The van der Waals surface area contributed by atoms with Crippen LogP contribution in [0.2, 0.25) is 0 Å². The molecule has 0 saturated heterocycles. The molecule has 2 nitrogen and oxygen atoms in total. The standard InChI is InChI=1S/C17H37NO/c1-6-18(7-2)14-10-8-9-11-16(15-19)12-13-17(3,4)5/h16,19H,6-15H2,1-5H3/t16-/m0/s1. The van der Waals surface area contributed by atoms with Crippen LogP contribution in [-0.2, 0) is 0 Å². The molecule has 0 rings (SSSR count). The molecule has 0 bridgehead atoms. The highest BCUT2D eigenvalue weighted by Gasteiger charge is 2.14. The zero-order chi connectivity index (χ0) is 14.7. The third kappa shape index (κ3) is 11.4. The van der Waals surface area contributed by atoms with E-state index in [0.29, 0.717) is 17.9 Å². The van der Waals surface area contributed by atoms with Gasteiger partial charge in [-0.25, -0.2) is 0 Å². The van der Waals surface area contributed by atoms with Crippen molar-refractivity contribution in [3.63, 3.8) is 0 Å². The Balaban J connectivity index is 3.61. The number of hydrogen-bond acceptors (Lipinski definition) is 2. The maximum Gasteiger partial charge on any atom is 0.0459 e. The van der Waals surface area contributed by atoms with E-state index in [-0.39, 0.29) is 0 Å². The lowest BCUT2D eigenvalue weighted by Crippen LogP contribution is -2.23. The molecule has 0 aromatic carbocycles. The molecule has 0 unspecified atom stereocenters. The van der Waals surface area contributed by atoms with Crippen LogP contribution in [0.25, 0.3) is 0 Å². The predicted molar refractivity (Wildman–Crippen MR) is 85.5 cm³/mol. The summed E-state index contributed by atoms with van der Waals surface area (Å²) in [4.78, 5) is 2.49. The number of rotatable bonds is 11. The number of aliphatic hydroxyl groups is 1. The molecule has 0 amide bonds. The molecule has 0 aromatic heterocycles. The number of aliphatic hydroxyl groups excluding tert-OH is 1. The molecule has 116 valence electrons. The van der Waals surface area contributed by atoms with Crippen LogP contribution in [0.1, 0.15) is 73.1 Å². The van der Waals surface area contributed by atoms with E-state index >= 15 is 0 Å². The van der Waals surface area contributed by atoms with Crippen molar-refractivity contribution in [1.82, 2.24) is 4.90 Å². The first-order valence-corrected chi connectivity index (χ1v) is 8.26. The lowest BCUT2D eigenvalue weighted by molar-refractivity contribution is 0.189. The van der Waals surface area contributed by atoms with Crippen molar-refractivity contribution in [1.29, 1.82) is 0 Å². The molecule has 0 heterocycles. The molecule has 0 radical (unpaired) electrons. The summed E-state index contributed by atoms with van der Waals surface area (Å²) in [5.74, 6) is 0.521. The van der Waals surface area contributed by atoms with Gasteiger partial charge in [-0.2, -0.15) is 0 Å². The second kappa shape index (κ2) is 10.7. The Bertz CT molecular complexity index is 194. The number of hydrogen-bond donors (Lipinski definition) is 1. The monoisotopic (exact) mass is 271 g/mol. The normalized spacial score (nSPS) is 14.1. The van der Waals surface area contributed by atoms with Gasteiger partial charge in [-0.3, -0.25) is 0 Å². The van der Waals surface area contributed by atoms with Gasteiger partial charge in [0.05, 0.1) is 0 Å². The molecular weight excluding hydrogens is 234 g/mol. The second-order valence-corrected chi connectivity index (χ2v) is 7.02. The summed E-state index contributed by atoms with van der Waals surface area (Å²) < 4.78 is 0. The van der Waals surface area contributed by atoms with Crippen molar-refractivity contribution in [3.05, 3.63) is 0 Å². The molecule has 0 fully saturated rings. The Kier molecular flexibility index (Phi) is 10.6. The van der Waals surface area contributed by atoms with Gasteiger partial charge in [0.25, 0.3) is 0 Å². The first-order valence-electron chi connectivity index (χ1n) is 8.26. The van der Waals surface area contributed by atoms with Crippen LogP contribution in [-0.4, -0.2) is 36.2 Å². The smallest absolute Gasteiger partial charge is 0.0459 e. The van der Waals surface area contributed by atoms with Crippen molar-refractivity contribution >= 4 is 0 Å². The maximum atomic E-state index is 9.44. The van der Waals surface area contributed by atoms with Gasteiger partial charge in [0.15, 0.2) is 0 Å². The van der Waals surface area contributed by atoms with Gasteiger partial charge in [-0.15, -0.1) is 0 Å². The summed E-state index contributed by atoms with van der Waals surface area (Å²) in [7, 11) is 0. The van der Waals surface area contributed by atoms with E-state index in [1.165, 1.54) is 58.2 Å². The molecule has 2 heteroatoms. The quantitative estimate of drug-likeness (QED) is 0.566. The van der Waals surface area contributed by atoms with E-state index < -0.39 is 0 Å². The summed E-state index contributed by atoms with van der Waals surface area (Å²) in [5.41, 5.74) is 0.399. The molecule has 0 saturated carbocycles. The van der Waals surface area contributed by atoms with Gasteiger partial charge in [0.2, 0.25) is 0 Å². The fraction of sp³-hybridized carbons (Fsp3) is 1.00. The Hall–Kier alpha value is -0.0800. The Morgan fingerprint density at radius 2 is 1.58 bits per heavy atom. The van der Waals surface area contributed by atoms with E-state index in [0.717, 1.165) is 0 Å². The average molecular weight is 271 g/mol. The molecule has 1 atom stereocenters. The maximum absolute atomic E-state index is 9.44. The molecule has 1 N–H and O–H groups in total. The lowest BCUT2D eigenvalue weighted by Gasteiger charge is -2.22. The van der Waals surface area contributed by atoms with Crippen molar-refractivity contribution in [3.8, 4) is 0 Å². The minimum absolute atomic E-state index is 0.367. The third-order valence-electron chi connectivity index (χ3n) is 4.04. The Labute approximate surface area is 121 Å². The highest BCUT2D eigenvalue weighted by atomic mass is 16.3. The van der Waals surface area contributed by atoms with Gasteiger partial charge >= 0.3 is 0 Å². The minimum atomic E-state index is 0.367.